The number of hydrogen-bond acceptors (Lipinski definition) is 6. The maximum atomic E-state index is 11.1. The highest BCUT2D eigenvalue weighted by atomic mass is 32.1. The first kappa shape index (κ1) is 16.9. The number of aromatic carboxylic acids is 1. The molecule has 0 radical (unpaired) electrons. The van der Waals surface area contributed by atoms with Crippen molar-refractivity contribution < 1.29 is 19.7 Å². The molecular weight excluding hydrogens is 316 g/mol. The summed E-state index contributed by atoms with van der Waals surface area (Å²) in [4.78, 5) is 15.5. The summed E-state index contributed by atoms with van der Waals surface area (Å²) in [5, 5.41) is 28.7. The molecule has 23 heavy (non-hydrogen) atoms. The molecule has 0 spiro atoms. The number of benzene rings is 1. The molecule has 2 N–H and O–H groups in total. The molecule has 0 bridgehead atoms. The fraction of sp³-hybridized carbons (Fsp3) is 0.312. The van der Waals surface area contributed by atoms with Crippen LogP contribution in [0.25, 0.3) is 10.6 Å². The molecule has 6 nitrogen and oxygen atoms in total. The molecule has 0 amide bonds. The van der Waals surface area contributed by atoms with Crippen molar-refractivity contribution in [3.05, 3.63) is 34.3 Å². The van der Waals surface area contributed by atoms with Crippen LogP contribution in [0.1, 0.15) is 34.8 Å². The van der Waals surface area contributed by atoms with Crippen LogP contribution in [0.5, 0.6) is 5.75 Å². The molecule has 1 heterocycles. The SMILES string of the molecule is Cc1nc(-c2ccc(OC(O)C(C)C)c(C#N)c2)sc1C(=O)O. The van der Waals surface area contributed by atoms with Gasteiger partial charge in [-0.15, -0.1) is 11.3 Å². The molecule has 0 fully saturated rings. The molecule has 1 atom stereocenters. The third-order valence-electron chi connectivity index (χ3n) is 3.16. The molecule has 2 aromatic rings. The van der Waals surface area contributed by atoms with Crippen molar-refractivity contribution in [1.29, 1.82) is 5.26 Å². The minimum Gasteiger partial charge on any atom is -0.477 e. The minimum absolute atomic E-state index is 0.110. The normalized spacial score (nSPS) is 12.0. The van der Waals surface area contributed by atoms with E-state index in [0.717, 1.165) is 11.3 Å². The van der Waals surface area contributed by atoms with Crippen LogP contribution >= 0.6 is 11.3 Å². The van der Waals surface area contributed by atoms with Gasteiger partial charge in [0, 0.05) is 11.5 Å². The Morgan fingerprint density at radius 1 is 1.43 bits per heavy atom. The number of aromatic nitrogens is 1. The number of hydrogen-bond donors (Lipinski definition) is 2. The smallest absolute Gasteiger partial charge is 0.347 e. The molecule has 0 aliphatic rings. The Morgan fingerprint density at radius 2 is 2.13 bits per heavy atom. The summed E-state index contributed by atoms with van der Waals surface area (Å²) in [5.41, 5.74) is 1.33. The van der Waals surface area contributed by atoms with Gasteiger partial charge in [-0.3, -0.25) is 0 Å². The van der Waals surface area contributed by atoms with Crippen molar-refractivity contribution in [2.75, 3.05) is 0 Å². The molecular formula is C16H16N2O4S. The summed E-state index contributed by atoms with van der Waals surface area (Å²) in [5.74, 6) is -0.850. The highest BCUT2D eigenvalue weighted by molar-refractivity contribution is 7.17. The summed E-state index contributed by atoms with van der Waals surface area (Å²) in [6.45, 7) is 5.23. The highest BCUT2D eigenvalue weighted by Crippen LogP contribution is 2.31. The zero-order chi connectivity index (χ0) is 17.1. The number of aryl methyl sites for hydroxylation is 1. The van der Waals surface area contributed by atoms with Crippen molar-refractivity contribution in [2.45, 2.75) is 27.1 Å². The van der Waals surface area contributed by atoms with Crippen LogP contribution in [0.3, 0.4) is 0 Å². The number of carbonyl (C=O) groups is 1. The lowest BCUT2D eigenvalue weighted by Crippen LogP contribution is -2.22. The van der Waals surface area contributed by atoms with Gasteiger partial charge in [-0.25, -0.2) is 9.78 Å². The zero-order valence-corrected chi connectivity index (χ0v) is 13.7. The molecule has 7 heteroatoms. The Morgan fingerprint density at radius 3 is 2.65 bits per heavy atom. The number of carboxylic acids is 1. The number of aliphatic hydroxyl groups excluding tert-OH is 1. The fourth-order valence-corrected chi connectivity index (χ4v) is 2.74. The number of thiazole rings is 1. The van der Waals surface area contributed by atoms with Crippen LogP contribution in [0.4, 0.5) is 0 Å². The van der Waals surface area contributed by atoms with Gasteiger partial charge in [-0.2, -0.15) is 5.26 Å². The fourth-order valence-electron chi connectivity index (χ4n) is 1.84. The quantitative estimate of drug-likeness (QED) is 0.816. The number of nitriles is 1. The number of aliphatic hydroxyl groups is 1. The molecule has 0 saturated heterocycles. The third kappa shape index (κ3) is 3.67. The Hall–Kier alpha value is -2.43. The summed E-state index contributed by atoms with van der Waals surface area (Å²) >= 11 is 1.05. The largest absolute Gasteiger partial charge is 0.477 e. The number of carboxylic acid groups (broad SMARTS) is 1. The van der Waals surface area contributed by atoms with Crippen LogP contribution < -0.4 is 4.74 Å². The van der Waals surface area contributed by atoms with E-state index in [1.54, 1.807) is 39.0 Å². The Balaban J connectivity index is 2.38. The van der Waals surface area contributed by atoms with Crippen molar-refractivity contribution in [2.24, 2.45) is 5.92 Å². The van der Waals surface area contributed by atoms with Crippen LogP contribution in [-0.4, -0.2) is 27.5 Å². The van der Waals surface area contributed by atoms with E-state index < -0.39 is 12.3 Å². The predicted octanol–water partition coefficient (Wildman–Crippen LogP) is 3.04. The molecule has 0 saturated carbocycles. The van der Waals surface area contributed by atoms with Crippen LogP contribution in [0, 0.1) is 24.2 Å². The highest BCUT2D eigenvalue weighted by Gasteiger charge is 2.18. The van der Waals surface area contributed by atoms with E-state index >= 15 is 0 Å². The van der Waals surface area contributed by atoms with Gasteiger partial charge in [0.15, 0.2) is 6.29 Å². The summed E-state index contributed by atoms with van der Waals surface area (Å²) in [6, 6.07) is 6.86. The van der Waals surface area contributed by atoms with E-state index in [2.05, 4.69) is 4.98 Å². The van der Waals surface area contributed by atoms with E-state index in [9.17, 15) is 15.2 Å². The Bertz CT molecular complexity index is 777. The second-order valence-electron chi connectivity index (χ2n) is 5.31. The molecule has 1 unspecified atom stereocenters. The van der Waals surface area contributed by atoms with E-state index in [4.69, 9.17) is 9.84 Å². The molecule has 0 aliphatic heterocycles. The first-order valence-electron chi connectivity index (χ1n) is 6.93. The van der Waals surface area contributed by atoms with Crippen molar-refractivity contribution in [3.8, 4) is 22.4 Å². The van der Waals surface area contributed by atoms with Gasteiger partial charge in [0.25, 0.3) is 0 Å². The first-order chi connectivity index (χ1) is 10.8. The van der Waals surface area contributed by atoms with Crippen molar-refractivity contribution in [1.82, 2.24) is 4.98 Å². The summed E-state index contributed by atoms with van der Waals surface area (Å²) in [6.07, 6.45) is -1.01. The van der Waals surface area contributed by atoms with Crippen molar-refractivity contribution in [3.63, 3.8) is 0 Å². The van der Waals surface area contributed by atoms with E-state index in [1.807, 2.05) is 6.07 Å². The van der Waals surface area contributed by atoms with Gasteiger partial charge in [0.2, 0.25) is 0 Å². The van der Waals surface area contributed by atoms with Gasteiger partial charge in [0.1, 0.15) is 21.7 Å². The average Bonchev–Trinajstić information content (AvgIpc) is 2.89. The third-order valence-corrected chi connectivity index (χ3v) is 4.35. The molecule has 2 rings (SSSR count). The van der Waals surface area contributed by atoms with Gasteiger partial charge in [-0.05, 0) is 25.1 Å². The van der Waals surface area contributed by atoms with Crippen LogP contribution in [-0.2, 0) is 0 Å². The molecule has 0 aliphatic carbocycles. The summed E-state index contributed by atoms with van der Waals surface area (Å²) < 4.78 is 5.38. The van der Waals surface area contributed by atoms with Gasteiger partial charge < -0.3 is 14.9 Å². The van der Waals surface area contributed by atoms with E-state index in [-0.39, 0.29) is 22.1 Å². The first-order valence-corrected chi connectivity index (χ1v) is 7.75. The monoisotopic (exact) mass is 332 g/mol. The van der Waals surface area contributed by atoms with Gasteiger partial charge in [0.05, 0.1) is 11.3 Å². The van der Waals surface area contributed by atoms with E-state index in [0.29, 0.717) is 16.3 Å². The number of ether oxygens (including phenoxy) is 1. The van der Waals surface area contributed by atoms with Crippen LogP contribution in [0.15, 0.2) is 18.2 Å². The average molecular weight is 332 g/mol. The zero-order valence-electron chi connectivity index (χ0n) is 12.9. The lowest BCUT2D eigenvalue weighted by Gasteiger charge is -2.17. The van der Waals surface area contributed by atoms with Gasteiger partial charge >= 0.3 is 5.97 Å². The Kier molecular flexibility index (Phi) is 4.98. The van der Waals surface area contributed by atoms with Crippen LogP contribution in [0.2, 0.25) is 0 Å². The number of nitrogens with zero attached hydrogens (tertiary/aromatic N) is 2. The Labute approximate surface area is 137 Å². The number of rotatable bonds is 5. The van der Waals surface area contributed by atoms with E-state index in [1.165, 1.54) is 0 Å². The summed E-state index contributed by atoms with van der Waals surface area (Å²) in [7, 11) is 0. The maximum Gasteiger partial charge on any atom is 0.347 e. The van der Waals surface area contributed by atoms with Gasteiger partial charge in [-0.1, -0.05) is 13.8 Å². The lowest BCUT2D eigenvalue weighted by molar-refractivity contribution is -0.0517. The minimum atomic E-state index is -1.02. The second-order valence-corrected chi connectivity index (χ2v) is 6.31. The molecule has 120 valence electrons. The molecule has 1 aromatic heterocycles. The second kappa shape index (κ2) is 6.77. The topological polar surface area (TPSA) is 103 Å². The maximum absolute atomic E-state index is 11.1. The standard InChI is InChI=1S/C16H16N2O4S/c1-8(2)16(21)22-12-5-4-10(6-11(12)7-17)14-18-9(3)13(23-14)15(19)20/h4-6,8,16,21H,1-3H3,(H,19,20). The predicted molar refractivity (Wildman–Crippen MR) is 85.4 cm³/mol. The van der Waals surface area contributed by atoms with Crippen molar-refractivity contribution >= 4 is 17.3 Å². The molecule has 1 aromatic carbocycles. The lowest BCUT2D eigenvalue weighted by atomic mass is 10.1.